The van der Waals surface area contributed by atoms with Gasteiger partial charge in [0.1, 0.15) is 12.4 Å². The van der Waals surface area contributed by atoms with Gasteiger partial charge in [-0.2, -0.15) is 0 Å². The Kier molecular flexibility index (Phi) is 3.91. The largest absolute Gasteiger partial charge is 0.458 e. The quantitative estimate of drug-likeness (QED) is 0.867. The molecule has 0 bridgehead atoms. The van der Waals surface area contributed by atoms with Gasteiger partial charge in [-0.05, 0) is 28.1 Å². The van der Waals surface area contributed by atoms with Gasteiger partial charge in [-0.15, -0.1) is 0 Å². The van der Waals surface area contributed by atoms with Gasteiger partial charge in [0, 0.05) is 18.0 Å². The highest BCUT2D eigenvalue weighted by atomic mass is 79.9. The number of benzene rings is 1. The van der Waals surface area contributed by atoms with Crippen LogP contribution in [0, 0.1) is 5.82 Å². The van der Waals surface area contributed by atoms with Crippen LogP contribution in [0.4, 0.5) is 4.39 Å². The van der Waals surface area contributed by atoms with Crippen LogP contribution in [0.25, 0.3) is 0 Å². The van der Waals surface area contributed by atoms with Crippen molar-refractivity contribution >= 4 is 27.5 Å². The zero-order chi connectivity index (χ0) is 12.3. The Balaban J connectivity index is 2.10. The summed E-state index contributed by atoms with van der Waals surface area (Å²) < 4.78 is 19.4. The van der Waals surface area contributed by atoms with Crippen molar-refractivity contribution in [1.29, 1.82) is 0 Å². The minimum Gasteiger partial charge on any atom is -0.458 e. The molecule has 88 valence electrons. The fourth-order valence-corrected chi connectivity index (χ4v) is 1.60. The standard InChI is InChI=1S/C11H7BrClFN2O/c12-7-4-15-11(16-5-7)17-6-8-9(13)2-1-3-10(8)14/h1-5H,6H2. The summed E-state index contributed by atoms with van der Waals surface area (Å²) in [6, 6.07) is 4.64. The van der Waals surface area contributed by atoms with Crippen LogP contribution in [-0.2, 0) is 6.61 Å². The van der Waals surface area contributed by atoms with Crippen LogP contribution in [0.5, 0.6) is 6.01 Å². The number of aromatic nitrogens is 2. The SMILES string of the molecule is Fc1cccc(Cl)c1COc1ncc(Br)cn1. The molecular weight excluding hydrogens is 310 g/mol. The Labute approximate surface area is 111 Å². The van der Waals surface area contributed by atoms with Crippen LogP contribution < -0.4 is 4.74 Å². The zero-order valence-electron chi connectivity index (χ0n) is 8.53. The van der Waals surface area contributed by atoms with E-state index in [-0.39, 0.29) is 12.6 Å². The van der Waals surface area contributed by atoms with Gasteiger partial charge in [0.15, 0.2) is 0 Å². The van der Waals surface area contributed by atoms with Crippen molar-refractivity contribution in [2.75, 3.05) is 0 Å². The van der Waals surface area contributed by atoms with Gasteiger partial charge in [0.05, 0.1) is 9.50 Å². The summed E-state index contributed by atoms with van der Waals surface area (Å²) >= 11 is 9.06. The normalized spacial score (nSPS) is 10.3. The van der Waals surface area contributed by atoms with Crippen molar-refractivity contribution in [3.8, 4) is 6.01 Å². The van der Waals surface area contributed by atoms with Crippen LogP contribution in [0.1, 0.15) is 5.56 Å². The highest BCUT2D eigenvalue weighted by Gasteiger charge is 2.08. The first-order valence-corrected chi connectivity index (χ1v) is 5.87. The average molecular weight is 318 g/mol. The number of halogens is 3. The molecule has 0 saturated carbocycles. The van der Waals surface area contributed by atoms with Gasteiger partial charge in [-0.3, -0.25) is 0 Å². The van der Waals surface area contributed by atoms with Crippen molar-refractivity contribution < 1.29 is 9.13 Å². The zero-order valence-corrected chi connectivity index (χ0v) is 10.9. The molecular formula is C11H7BrClFN2O. The predicted octanol–water partition coefficient (Wildman–Crippen LogP) is 3.61. The Morgan fingerprint density at radius 3 is 2.65 bits per heavy atom. The minimum atomic E-state index is -0.408. The molecule has 3 nitrogen and oxygen atoms in total. The monoisotopic (exact) mass is 316 g/mol. The summed E-state index contributed by atoms with van der Waals surface area (Å²) in [5.74, 6) is -0.408. The lowest BCUT2D eigenvalue weighted by atomic mass is 10.2. The lowest BCUT2D eigenvalue weighted by molar-refractivity contribution is 0.275. The van der Waals surface area contributed by atoms with Gasteiger partial charge >= 0.3 is 6.01 Å². The predicted molar refractivity (Wildman–Crippen MR) is 65.5 cm³/mol. The van der Waals surface area contributed by atoms with E-state index >= 15 is 0 Å². The summed E-state index contributed by atoms with van der Waals surface area (Å²) in [5.41, 5.74) is 0.292. The molecule has 1 aromatic heterocycles. The molecule has 0 aliphatic heterocycles. The molecule has 0 amide bonds. The average Bonchev–Trinajstić information content (AvgIpc) is 2.31. The second-order valence-electron chi connectivity index (χ2n) is 3.17. The van der Waals surface area contributed by atoms with Crippen LogP contribution in [0.15, 0.2) is 35.1 Å². The Morgan fingerprint density at radius 2 is 2.00 bits per heavy atom. The maximum absolute atomic E-state index is 13.4. The summed E-state index contributed by atoms with van der Waals surface area (Å²) in [4.78, 5) is 7.81. The third-order valence-corrected chi connectivity index (χ3v) is 2.77. The van der Waals surface area contributed by atoms with E-state index in [1.807, 2.05) is 0 Å². The molecule has 0 aliphatic rings. The van der Waals surface area contributed by atoms with Crippen molar-refractivity contribution in [2.24, 2.45) is 0 Å². The van der Waals surface area contributed by atoms with Crippen molar-refractivity contribution in [3.63, 3.8) is 0 Å². The first-order chi connectivity index (χ1) is 8.16. The lowest BCUT2D eigenvalue weighted by Gasteiger charge is -2.06. The summed E-state index contributed by atoms with van der Waals surface area (Å²) in [6.07, 6.45) is 3.09. The molecule has 1 heterocycles. The highest BCUT2D eigenvalue weighted by Crippen LogP contribution is 2.20. The number of nitrogens with zero attached hydrogens (tertiary/aromatic N) is 2. The fourth-order valence-electron chi connectivity index (χ4n) is 1.18. The van der Waals surface area contributed by atoms with E-state index in [1.54, 1.807) is 18.5 Å². The smallest absolute Gasteiger partial charge is 0.316 e. The van der Waals surface area contributed by atoms with E-state index in [9.17, 15) is 4.39 Å². The number of ether oxygens (including phenoxy) is 1. The molecule has 0 N–H and O–H groups in total. The van der Waals surface area contributed by atoms with E-state index < -0.39 is 5.82 Å². The van der Waals surface area contributed by atoms with Crippen molar-refractivity contribution in [2.45, 2.75) is 6.61 Å². The molecule has 0 fully saturated rings. The maximum atomic E-state index is 13.4. The minimum absolute atomic E-state index is 0.00681. The Bertz CT molecular complexity index is 501. The first-order valence-electron chi connectivity index (χ1n) is 4.70. The summed E-state index contributed by atoms with van der Waals surface area (Å²) in [5, 5.41) is 0.321. The third kappa shape index (κ3) is 3.14. The number of hydrogen-bond donors (Lipinski definition) is 0. The van der Waals surface area contributed by atoms with Crippen molar-refractivity contribution in [1.82, 2.24) is 9.97 Å². The molecule has 2 aromatic rings. The van der Waals surface area contributed by atoms with E-state index in [0.717, 1.165) is 4.47 Å². The van der Waals surface area contributed by atoms with Crippen LogP contribution in [0.2, 0.25) is 5.02 Å². The second-order valence-corrected chi connectivity index (χ2v) is 4.50. The van der Waals surface area contributed by atoms with E-state index in [1.165, 1.54) is 12.1 Å². The molecule has 0 atom stereocenters. The first kappa shape index (κ1) is 12.3. The molecule has 0 spiro atoms. The topological polar surface area (TPSA) is 35.0 Å². The maximum Gasteiger partial charge on any atom is 0.316 e. The van der Waals surface area contributed by atoms with E-state index in [0.29, 0.717) is 10.6 Å². The molecule has 0 radical (unpaired) electrons. The molecule has 2 rings (SSSR count). The highest BCUT2D eigenvalue weighted by molar-refractivity contribution is 9.10. The Hall–Kier alpha value is -1.20. The van der Waals surface area contributed by atoms with Crippen LogP contribution >= 0.6 is 27.5 Å². The van der Waals surface area contributed by atoms with Crippen LogP contribution in [0.3, 0.4) is 0 Å². The van der Waals surface area contributed by atoms with Gasteiger partial charge in [-0.25, -0.2) is 14.4 Å². The van der Waals surface area contributed by atoms with Crippen molar-refractivity contribution in [3.05, 3.63) is 51.5 Å². The van der Waals surface area contributed by atoms with E-state index in [4.69, 9.17) is 16.3 Å². The molecule has 0 unspecified atom stereocenters. The van der Waals surface area contributed by atoms with E-state index in [2.05, 4.69) is 25.9 Å². The molecule has 1 aromatic carbocycles. The number of hydrogen-bond acceptors (Lipinski definition) is 3. The molecule has 0 saturated heterocycles. The number of rotatable bonds is 3. The molecule has 17 heavy (non-hydrogen) atoms. The lowest BCUT2D eigenvalue weighted by Crippen LogP contribution is -2.02. The van der Waals surface area contributed by atoms with Gasteiger partial charge < -0.3 is 4.74 Å². The molecule has 0 aliphatic carbocycles. The van der Waals surface area contributed by atoms with Gasteiger partial charge in [0.25, 0.3) is 0 Å². The van der Waals surface area contributed by atoms with Crippen LogP contribution in [-0.4, -0.2) is 9.97 Å². The summed E-state index contributed by atoms with van der Waals surface area (Å²) in [6.45, 7) is -0.00681. The van der Waals surface area contributed by atoms with Gasteiger partial charge in [0.2, 0.25) is 0 Å². The van der Waals surface area contributed by atoms with Gasteiger partial charge in [-0.1, -0.05) is 17.7 Å². The summed E-state index contributed by atoms with van der Waals surface area (Å²) in [7, 11) is 0. The molecule has 6 heteroatoms. The Morgan fingerprint density at radius 1 is 1.29 bits per heavy atom. The fraction of sp³-hybridized carbons (Fsp3) is 0.0909. The second kappa shape index (κ2) is 5.42. The third-order valence-electron chi connectivity index (χ3n) is 2.00.